The molecule has 3 atom stereocenters. The molecule has 3 heterocycles. The molecule has 0 unspecified atom stereocenters. The number of aliphatic carboxylic acids is 1. The molecule has 0 radical (unpaired) electrons. The third kappa shape index (κ3) is 2.58. The molecular formula is C17H21N5O4. The van der Waals surface area contributed by atoms with Gasteiger partial charge in [0.2, 0.25) is 5.91 Å². The normalized spacial score (nSPS) is 25.4. The quantitative estimate of drug-likeness (QED) is 0.848. The first-order valence-corrected chi connectivity index (χ1v) is 8.88. The number of carbonyl (C=O) groups is 2. The molecule has 2 aliphatic rings. The number of hydrogen-bond acceptors (Lipinski definition) is 5. The van der Waals surface area contributed by atoms with E-state index in [1.165, 1.54) is 26.7 Å². The van der Waals surface area contributed by atoms with Crippen LogP contribution in [0, 0.1) is 5.92 Å². The molecule has 1 aliphatic heterocycles. The summed E-state index contributed by atoms with van der Waals surface area (Å²) in [5.41, 5.74) is 0.110. The van der Waals surface area contributed by atoms with E-state index in [0.29, 0.717) is 17.5 Å². The number of aromatic nitrogens is 4. The lowest BCUT2D eigenvalue weighted by Gasteiger charge is -2.33. The van der Waals surface area contributed by atoms with Gasteiger partial charge in [-0.3, -0.25) is 18.8 Å². The van der Waals surface area contributed by atoms with Crippen LogP contribution in [0.1, 0.15) is 32.1 Å². The number of rotatable bonds is 3. The zero-order valence-electron chi connectivity index (χ0n) is 14.5. The Morgan fingerprint density at radius 3 is 2.85 bits per heavy atom. The molecule has 0 aromatic carbocycles. The second-order valence-corrected chi connectivity index (χ2v) is 7.19. The number of amides is 1. The van der Waals surface area contributed by atoms with Gasteiger partial charge in [0, 0.05) is 13.1 Å². The molecular weight excluding hydrogens is 338 g/mol. The number of carboxylic acids is 1. The van der Waals surface area contributed by atoms with Crippen molar-refractivity contribution < 1.29 is 14.7 Å². The Labute approximate surface area is 149 Å². The minimum absolute atomic E-state index is 0.0388. The van der Waals surface area contributed by atoms with Crippen LogP contribution in [-0.2, 0) is 23.2 Å². The Bertz CT molecular complexity index is 933. The Morgan fingerprint density at radius 2 is 2.08 bits per heavy atom. The van der Waals surface area contributed by atoms with Gasteiger partial charge in [-0.05, 0) is 25.2 Å². The molecule has 9 heteroatoms. The Hall–Kier alpha value is -2.71. The molecule has 4 rings (SSSR count). The van der Waals surface area contributed by atoms with Crippen LogP contribution in [0.3, 0.4) is 0 Å². The first-order chi connectivity index (χ1) is 12.5. The monoisotopic (exact) mass is 359 g/mol. The number of carbonyl (C=O) groups excluding carboxylic acids is 1. The van der Waals surface area contributed by atoms with Crippen LogP contribution >= 0.6 is 0 Å². The fourth-order valence-corrected chi connectivity index (χ4v) is 4.45. The van der Waals surface area contributed by atoms with E-state index in [9.17, 15) is 19.5 Å². The van der Waals surface area contributed by atoms with Crippen molar-refractivity contribution in [3.8, 4) is 0 Å². The molecule has 1 saturated carbocycles. The van der Waals surface area contributed by atoms with Gasteiger partial charge in [0.15, 0.2) is 5.65 Å². The van der Waals surface area contributed by atoms with Crippen LogP contribution in [0.2, 0.25) is 0 Å². The summed E-state index contributed by atoms with van der Waals surface area (Å²) in [6.45, 7) is -0.205. The molecule has 1 aliphatic carbocycles. The summed E-state index contributed by atoms with van der Waals surface area (Å²) in [7, 11) is 1.69. The maximum Gasteiger partial charge on any atom is 0.326 e. The largest absolute Gasteiger partial charge is 0.480 e. The third-order valence-electron chi connectivity index (χ3n) is 5.68. The summed E-state index contributed by atoms with van der Waals surface area (Å²) in [6, 6.07) is -0.843. The van der Waals surface area contributed by atoms with Crippen molar-refractivity contribution >= 4 is 22.9 Å². The van der Waals surface area contributed by atoms with Crippen molar-refractivity contribution in [2.24, 2.45) is 13.0 Å². The van der Waals surface area contributed by atoms with Gasteiger partial charge in [0.05, 0.1) is 6.20 Å². The standard InChI is InChI=1S/C17H21N5O4/c1-20-15-11(7-19-20)16(24)21(9-18-15)8-14(23)22-12-5-3-2-4-10(12)6-13(22)17(25)26/h7,9-10,12-13H,2-6,8H2,1H3,(H,25,26)/t10-,12-,13-/m0/s1. The Balaban J connectivity index is 1.63. The molecule has 1 amide bonds. The van der Waals surface area contributed by atoms with Crippen LogP contribution in [0.4, 0.5) is 0 Å². The molecule has 1 saturated heterocycles. The number of aryl methyl sites for hydroxylation is 1. The minimum atomic E-state index is -0.971. The van der Waals surface area contributed by atoms with Crippen LogP contribution in [0.25, 0.3) is 11.0 Å². The topological polar surface area (TPSA) is 110 Å². The highest BCUT2D eigenvalue weighted by Crippen LogP contribution is 2.39. The predicted molar refractivity (Wildman–Crippen MR) is 91.4 cm³/mol. The summed E-state index contributed by atoms with van der Waals surface area (Å²) in [4.78, 5) is 42.9. The van der Waals surface area contributed by atoms with Crippen LogP contribution < -0.4 is 5.56 Å². The molecule has 0 spiro atoms. The van der Waals surface area contributed by atoms with Gasteiger partial charge in [0.1, 0.15) is 24.3 Å². The fourth-order valence-electron chi connectivity index (χ4n) is 4.45. The molecule has 0 bridgehead atoms. The fraction of sp³-hybridized carbons (Fsp3) is 0.588. The van der Waals surface area contributed by atoms with Crippen molar-refractivity contribution in [2.45, 2.75) is 50.7 Å². The average molecular weight is 359 g/mol. The summed E-state index contributed by atoms with van der Waals surface area (Å²) in [6.07, 6.45) is 7.13. The number of nitrogens with zero attached hydrogens (tertiary/aromatic N) is 5. The Morgan fingerprint density at radius 1 is 1.31 bits per heavy atom. The van der Waals surface area contributed by atoms with Gasteiger partial charge in [0.25, 0.3) is 5.56 Å². The summed E-state index contributed by atoms with van der Waals surface area (Å²) < 4.78 is 2.73. The third-order valence-corrected chi connectivity index (χ3v) is 5.68. The number of fused-ring (bicyclic) bond motifs is 2. The SMILES string of the molecule is Cn1ncc2c(=O)n(CC(=O)N3[C@H](C(=O)O)C[C@@H]4CCCC[C@@H]43)cnc21. The van der Waals surface area contributed by atoms with Gasteiger partial charge < -0.3 is 10.0 Å². The summed E-state index contributed by atoms with van der Waals surface area (Å²) >= 11 is 0. The van der Waals surface area contributed by atoms with E-state index >= 15 is 0 Å². The van der Waals surface area contributed by atoms with E-state index in [1.54, 1.807) is 7.05 Å². The van der Waals surface area contributed by atoms with E-state index < -0.39 is 12.0 Å². The highest BCUT2D eigenvalue weighted by atomic mass is 16.4. The van der Waals surface area contributed by atoms with Crippen LogP contribution in [-0.4, -0.2) is 53.3 Å². The lowest BCUT2D eigenvalue weighted by molar-refractivity contribution is -0.150. The molecule has 2 aromatic rings. The average Bonchev–Trinajstić information content (AvgIpc) is 3.19. The lowest BCUT2D eigenvalue weighted by atomic mass is 9.85. The minimum Gasteiger partial charge on any atom is -0.480 e. The number of carboxylic acid groups (broad SMARTS) is 1. The first kappa shape index (κ1) is 16.7. The van der Waals surface area contributed by atoms with Gasteiger partial charge in [-0.1, -0.05) is 12.8 Å². The summed E-state index contributed by atoms with van der Waals surface area (Å²) in [5.74, 6) is -1.07. The van der Waals surface area contributed by atoms with E-state index in [0.717, 1.165) is 25.7 Å². The second kappa shape index (κ2) is 6.22. The van der Waals surface area contributed by atoms with E-state index in [4.69, 9.17) is 0 Å². The lowest BCUT2D eigenvalue weighted by Crippen LogP contribution is -2.48. The molecule has 9 nitrogen and oxygen atoms in total. The smallest absolute Gasteiger partial charge is 0.326 e. The number of likely N-dealkylation sites (tertiary alicyclic amines) is 1. The van der Waals surface area contributed by atoms with Crippen molar-refractivity contribution in [3.63, 3.8) is 0 Å². The van der Waals surface area contributed by atoms with Crippen molar-refractivity contribution in [3.05, 3.63) is 22.9 Å². The zero-order chi connectivity index (χ0) is 18.4. The Kier molecular flexibility index (Phi) is 4.01. The second-order valence-electron chi connectivity index (χ2n) is 7.19. The van der Waals surface area contributed by atoms with Crippen LogP contribution in [0.15, 0.2) is 17.3 Å². The molecule has 26 heavy (non-hydrogen) atoms. The molecule has 1 N–H and O–H groups in total. The van der Waals surface area contributed by atoms with Gasteiger partial charge in [-0.2, -0.15) is 5.10 Å². The zero-order valence-corrected chi connectivity index (χ0v) is 14.5. The van der Waals surface area contributed by atoms with Crippen LogP contribution in [0.5, 0.6) is 0 Å². The highest BCUT2D eigenvalue weighted by molar-refractivity contribution is 5.85. The van der Waals surface area contributed by atoms with Crippen molar-refractivity contribution in [2.75, 3.05) is 0 Å². The van der Waals surface area contributed by atoms with Gasteiger partial charge in [-0.25, -0.2) is 9.78 Å². The van der Waals surface area contributed by atoms with Crippen molar-refractivity contribution in [1.29, 1.82) is 0 Å². The molecule has 138 valence electrons. The summed E-state index contributed by atoms with van der Waals surface area (Å²) in [5, 5.41) is 13.9. The van der Waals surface area contributed by atoms with E-state index in [2.05, 4.69) is 10.1 Å². The first-order valence-electron chi connectivity index (χ1n) is 8.88. The predicted octanol–water partition coefficient (Wildman–Crippen LogP) is 0.374. The maximum atomic E-state index is 12.9. The molecule has 2 fully saturated rings. The maximum absolute atomic E-state index is 12.9. The highest BCUT2D eigenvalue weighted by Gasteiger charge is 2.47. The van der Waals surface area contributed by atoms with Gasteiger partial charge >= 0.3 is 5.97 Å². The molecule has 2 aromatic heterocycles. The van der Waals surface area contributed by atoms with Gasteiger partial charge in [-0.15, -0.1) is 0 Å². The van der Waals surface area contributed by atoms with E-state index in [1.807, 2.05) is 0 Å². The number of hydrogen-bond donors (Lipinski definition) is 1. The van der Waals surface area contributed by atoms with Crippen molar-refractivity contribution in [1.82, 2.24) is 24.2 Å². The van der Waals surface area contributed by atoms with E-state index in [-0.39, 0.29) is 30.0 Å².